The molecule has 0 bridgehead atoms. The van der Waals surface area contributed by atoms with Crippen LogP contribution in [0.15, 0.2) is 176 Å². The Bertz CT molecular complexity index is 2470. The largest absolute Gasteiger partial charge is 0.354 e. The normalized spacial score (nSPS) is 11.5. The zero-order valence-corrected chi connectivity index (χ0v) is 25.2. The maximum absolute atomic E-state index is 3.86. The van der Waals surface area contributed by atoms with Crippen molar-refractivity contribution in [3.05, 3.63) is 176 Å². The van der Waals surface area contributed by atoms with E-state index in [0.29, 0.717) is 0 Å². The molecule has 9 aromatic rings. The first-order chi connectivity index (χ1) is 22.8. The van der Waals surface area contributed by atoms with Crippen molar-refractivity contribution in [3.8, 4) is 22.3 Å². The quantitative estimate of drug-likeness (QED) is 0.199. The lowest BCUT2D eigenvalue weighted by Gasteiger charge is -2.30. The third kappa shape index (κ3) is 4.19. The van der Waals surface area contributed by atoms with E-state index in [9.17, 15) is 0 Å². The van der Waals surface area contributed by atoms with E-state index in [2.05, 4.69) is 186 Å². The molecule has 0 saturated carbocycles. The number of nitrogens with one attached hydrogen (secondary N) is 1. The summed E-state index contributed by atoms with van der Waals surface area (Å²) >= 11 is 0. The van der Waals surface area contributed by atoms with Crippen LogP contribution in [0.25, 0.3) is 65.6 Å². The van der Waals surface area contributed by atoms with E-state index in [1.807, 2.05) is 0 Å². The monoisotopic (exact) mass is 586 g/mol. The van der Waals surface area contributed by atoms with Gasteiger partial charge >= 0.3 is 0 Å². The van der Waals surface area contributed by atoms with Crippen molar-refractivity contribution in [2.24, 2.45) is 0 Å². The molecule has 46 heavy (non-hydrogen) atoms. The van der Waals surface area contributed by atoms with Crippen LogP contribution in [0.3, 0.4) is 0 Å². The average molecular weight is 587 g/mol. The molecule has 0 atom stereocenters. The van der Waals surface area contributed by atoms with E-state index in [1.165, 1.54) is 54.6 Å². The summed E-state index contributed by atoms with van der Waals surface area (Å²) in [5, 5.41) is 7.38. The molecule has 0 radical (unpaired) electrons. The fourth-order valence-corrected chi connectivity index (χ4v) is 7.13. The number of para-hydroxylation sites is 3. The Balaban J connectivity index is 1.48. The Hall–Kier alpha value is -6.12. The fraction of sp³-hybridized carbons (Fsp3) is 0. The van der Waals surface area contributed by atoms with Gasteiger partial charge < -0.3 is 9.88 Å². The summed E-state index contributed by atoms with van der Waals surface area (Å²) in [6, 6.07) is 63.4. The molecule has 0 aliphatic heterocycles. The summed E-state index contributed by atoms with van der Waals surface area (Å²) in [6.45, 7) is 0. The highest BCUT2D eigenvalue weighted by atomic mass is 15.1. The summed E-state index contributed by atoms with van der Waals surface area (Å²) in [6.07, 6.45) is 0. The Morgan fingerprint density at radius 1 is 0.370 bits per heavy atom. The number of aromatic nitrogens is 1. The third-order valence-electron chi connectivity index (χ3n) is 9.19. The van der Waals surface area contributed by atoms with E-state index in [0.717, 1.165) is 28.1 Å². The second-order valence-corrected chi connectivity index (χ2v) is 11.8. The third-order valence-corrected chi connectivity index (χ3v) is 9.19. The molecular formula is C44H30N2. The number of hydrogen-bond donors (Lipinski definition) is 1. The first-order valence-corrected chi connectivity index (χ1v) is 15.8. The Labute approximate surface area is 267 Å². The molecule has 0 aliphatic carbocycles. The van der Waals surface area contributed by atoms with Crippen LogP contribution < -0.4 is 4.90 Å². The maximum atomic E-state index is 3.86. The summed E-state index contributed by atoms with van der Waals surface area (Å²) < 4.78 is 0. The molecule has 2 heteroatoms. The van der Waals surface area contributed by atoms with E-state index < -0.39 is 0 Å². The minimum Gasteiger partial charge on any atom is -0.354 e. The van der Waals surface area contributed by atoms with Gasteiger partial charge in [-0.3, -0.25) is 0 Å². The minimum absolute atomic E-state index is 1.11. The highest BCUT2D eigenvalue weighted by Crippen LogP contribution is 2.50. The van der Waals surface area contributed by atoms with E-state index in [1.54, 1.807) is 0 Å². The lowest BCUT2D eigenvalue weighted by Crippen LogP contribution is -2.12. The van der Waals surface area contributed by atoms with Gasteiger partial charge in [-0.2, -0.15) is 0 Å². The first kappa shape index (κ1) is 26.3. The molecule has 0 unspecified atom stereocenters. The van der Waals surface area contributed by atoms with Crippen molar-refractivity contribution >= 4 is 60.4 Å². The van der Waals surface area contributed by atoms with Crippen LogP contribution in [-0.2, 0) is 0 Å². The van der Waals surface area contributed by atoms with Crippen LogP contribution in [0.4, 0.5) is 17.1 Å². The molecule has 9 rings (SSSR count). The molecule has 2 nitrogen and oxygen atoms in total. The molecule has 0 amide bonds. The predicted octanol–water partition coefficient (Wildman–Crippen LogP) is 12.4. The van der Waals surface area contributed by atoms with E-state index in [-0.39, 0.29) is 0 Å². The smallest absolute Gasteiger partial charge is 0.0619 e. The highest BCUT2D eigenvalue weighted by Gasteiger charge is 2.24. The molecule has 0 fully saturated rings. The Morgan fingerprint density at radius 2 is 0.935 bits per heavy atom. The Morgan fingerprint density at radius 3 is 1.67 bits per heavy atom. The lowest BCUT2D eigenvalue weighted by molar-refractivity contribution is 1.30. The predicted molar refractivity (Wildman–Crippen MR) is 196 cm³/mol. The first-order valence-electron chi connectivity index (χ1n) is 15.8. The van der Waals surface area contributed by atoms with Crippen LogP contribution in [0.5, 0.6) is 0 Å². The van der Waals surface area contributed by atoms with Gasteiger partial charge in [-0.15, -0.1) is 0 Å². The summed E-state index contributed by atoms with van der Waals surface area (Å²) in [5.41, 5.74) is 10.4. The van der Waals surface area contributed by atoms with Crippen LogP contribution >= 0.6 is 0 Å². The topological polar surface area (TPSA) is 19.0 Å². The standard InChI is InChI=1S/C44H30N2/c1-4-14-30(15-5-1)35-26-28-38-37-22-12-13-23-41(37)45-43(38)42(35)40-29-27-36-34-21-11-10-16-31(34)24-25-39(36)44(40)46(32-17-6-2-7-18-32)33-19-8-3-9-20-33/h1-29,45H. The van der Waals surface area contributed by atoms with Gasteiger partial charge in [0.25, 0.3) is 0 Å². The number of fused-ring (bicyclic) bond motifs is 6. The minimum atomic E-state index is 1.11. The van der Waals surface area contributed by atoms with E-state index >= 15 is 0 Å². The second-order valence-electron chi connectivity index (χ2n) is 11.8. The molecule has 1 aromatic heterocycles. The van der Waals surface area contributed by atoms with E-state index in [4.69, 9.17) is 0 Å². The van der Waals surface area contributed by atoms with Gasteiger partial charge in [-0.05, 0) is 57.6 Å². The number of hydrogen-bond acceptors (Lipinski definition) is 1. The molecule has 8 aromatic carbocycles. The number of rotatable bonds is 5. The number of benzene rings is 8. The van der Waals surface area contributed by atoms with Crippen molar-refractivity contribution in [1.82, 2.24) is 4.98 Å². The van der Waals surface area contributed by atoms with Crippen LogP contribution in [0.1, 0.15) is 0 Å². The molecular weight excluding hydrogens is 556 g/mol. The molecule has 0 saturated heterocycles. The highest BCUT2D eigenvalue weighted by molar-refractivity contribution is 6.20. The summed E-state index contributed by atoms with van der Waals surface area (Å²) in [7, 11) is 0. The van der Waals surface area contributed by atoms with Crippen molar-refractivity contribution < 1.29 is 0 Å². The SMILES string of the molecule is c1ccc(-c2ccc3c([nH]c4ccccc43)c2-c2ccc3c(ccc4ccccc43)c2N(c2ccccc2)c2ccccc2)cc1. The van der Waals surface area contributed by atoms with Gasteiger partial charge in [-0.25, -0.2) is 0 Å². The zero-order valence-electron chi connectivity index (χ0n) is 25.2. The summed E-state index contributed by atoms with van der Waals surface area (Å²) in [4.78, 5) is 6.29. The van der Waals surface area contributed by atoms with Gasteiger partial charge in [0.05, 0.1) is 11.2 Å². The molecule has 216 valence electrons. The fourth-order valence-electron chi connectivity index (χ4n) is 7.13. The van der Waals surface area contributed by atoms with Crippen molar-refractivity contribution in [1.29, 1.82) is 0 Å². The molecule has 1 heterocycles. The van der Waals surface area contributed by atoms with Gasteiger partial charge in [0, 0.05) is 44.2 Å². The lowest BCUT2D eigenvalue weighted by atomic mass is 9.88. The second kappa shape index (κ2) is 10.8. The average Bonchev–Trinajstić information content (AvgIpc) is 3.51. The maximum Gasteiger partial charge on any atom is 0.0619 e. The van der Waals surface area contributed by atoms with Gasteiger partial charge in [0.2, 0.25) is 0 Å². The number of aromatic amines is 1. The number of anilines is 3. The van der Waals surface area contributed by atoms with Crippen molar-refractivity contribution in [3.63, 3.8) is 0 Å². The number of nitrogens with zero attached hydrogens (tertiary/aromatic N) is 1. The van der Waals surface area contributed by atoms with Crippen molar-refractivity contribution in [2.45, 2.75) is 0 Å². The van der Waals surface area contributed by atoms with Crippen LogP contribution in [0, 0.1) is 0 Å². The molecule has 1 N–H and O–H groups in total. The van der Waals surface area contributed by atoms with Gasteiger partial charge in [0.15, 0.2) is 0 Å². The van der Waals surface area contributed by atoms with Crippen molar-refractivity contribution in [2.75, 3.05) is 4.90 Å². The van der Waals surface area contributed by atoms with Crippen LogP contribution in [-0.4, -0.2) is 4.98 Å². The molecule has 0 spiro atoms. The summed E-state index contributed by atoms with van der Waals surface area (Å²) in [5.74, 6) is 0. The van der Waals surface area contributed by atoms with Gasteiger partial charge in [-0.1, -0.05) is 146 Å². The van der Waals surface area contributed by atoms with Gasteiger partial charge in [0.1, 0.15) is 0 Å². The number of H-pyrrole nitrogens is 1. The zero-order chi connectivity index (χ0) is 30.5. The Kier molecular flexibility index (Phi) is 6.17. The van der Waals surface area contributed by atoms with Crippen LogP contribution in [0.2, 0.25) is 0 Å². The molecule has 0 aliphatic rings.